The number of aliphatic imine (C=N–C) groups is 1. The monoisotopic (exact) mass is 513 g/mol. The quantitative estimate of drug-likeness (QED) is 0.0744. The highest BCUT2D eigenvalue weighted by atomic mass is 16.4. The smallest absolute Gasteiger partial charge is 0.326 e. The maximum absolute atomic E-state index is 13.2. The lowest BCUT2D eigenvalue weighted by Crippen LogP contribution is -2.57. The summed E-state index contributed by atoms with van der Waals surface area (Å²) in [7, 11) is 0. The summed E-state index contributed by atoms with van der Waals surface area (Å²) in [4.78, 5) is 66.5. The molecule has 204 valence electrons. The summed E-state index contributed by atoms with van der Waals surface area (Å²) in [5, 5.41) is 23.6. The van der Waals surface area contributed by atoms with E-state index in [2.05, 4.69) is 15.6 Å². The molecule has 3 amide bonds. The number of carbonyl (C=O) groups is 5. The van der Waals surface area contributed by atoms with Crippen LogP contribution in [-0.4, -0.2) is 88.0 Å². The van der Waals surface area contributed by atoms with Crippen LogP contribution in [0.2, 0.25) is 0 Å². The van der Waals surface area contributed by atoms with E-state index in [0.717, 1.165) is 4.90 Å². The van der Waals surface area contributed by atoms with E-state index >= 15 is 0 Å². The van der Waals surface area contributed by atoms with Crippen molar-refractivity contribution in [2.45, 2.75) is 83.0 Å². The maximum Gasteiger partial charge on any atom is 0.326 e. The van der Waals surface area contributed by atoms with Crippen molar-refractivity contribution in [1.29, 1.82) is 0 Å². The van der Waals surface area contributed by atoms with Crippen LogP contribution in [0.1, 0.15) is 58.8 Å². The van der Waals surface area contributed by atoms with Gasteiger partial charge in [0.25, 0.3) is 0 Å². The zero-order valence-electron chi connectivity index (χ0n) is 20.8. The fourth-order valence-electron chi connectivity index (χ4n) is 3.95. The van der Waals surface area contributed by atoms with E-state index in [4.69, 9.17) is 22.3 Å². The van der Waals surface area contributed by atoms with E-state index < -0.39 is 60.2 Å². The predicted octanol–water partition coefficient (Wildman–Crippen LogP) is -1.68. The fourth-order valence-corrected chi connectivity index (χ4v) is 3.95. The summed E-state index contributed by atoms with van der Waals surface area (Å²) in [6.45, 7) is 4.16. The van der Waals surface area contributed by atoms with Crippen LogP contribution >= 0.6 is 0 Å². The molecular weight excluding hydrogens is 474 g/mol. The Bertz CT molecular complexity index is 830. The van der Waals surface area contributed by atoms with Gasteiger partial charge in [-0.3, -0.25) is 24.2 Å². The van der Waals surface area contributed by atoms with Gasteiger partial charge in [0.05, 0.1) is 6.04 Å². The van der Waals surface area contributed by atoms with Gasteiger partial charge in [0.2, 0.25) is 17.7 Å². The Labute approximate surface area is 210 Å². The summed E-state index contributed by atoms with van der Waals surface area (Å²) in [5.41, 5.74) is 16.6. The number of aliphatic carboxylic acids is 2. The van der Waals surface area contributed by atoms with Gasteiger partial charge >= 0.3 is 11.9 Å². The van der Waals surface area contributed by atoms with Crippen LogP contribution in [0.4, 0.5) is 0 Å². The highest BCUT2D eigenvalue weighted by Gasteiger charge is 2.38. The molecule has 1 rings (SSSR count). The zero-order valence-corrected chi connectivity index (χ0v) is 20.8. The normalized spacial score (nSPS) is 17.7. The number of rotatable bonds is 15. The molecule has 0 spiro atoms. The van der Waals surface area contributed by atoms with Gasteiger partial charge < -0.3 is 42.9 Å². The average molecular weight is 514 g/mol. The van der Waals surface area contributed by atoms with Crippen molar-refractivity contribution < 1.29 is 34.2 Å². The Hall–Kier alpha value is -3.42. The largest absolute Gasteiger partial charge is 0.481 e. The second-order valence-electron chi connectivity index (χ2n) is 9.27. The van der Waals surface area contributed by atoms with E-state index in [-0.39, 0.29) is 44.2 Å². The van der Waals surface area contributed by atoms with Gasteiger partial charge in [-0.15, -0.1) is 0 Å². The Morgan fingerprint density at radius 3 is 2.22 bits per heavy atom. The molecule has 1 fully saturated rings. The molecule has 10 N–H and O–H groups in total. The second-order valence-corrected chi connectivity index (χ2v) is 9.27. The van der Waals surface area contributed by atoms with E-state index in [1.54, 1.807) is 0 Å². The van der Waals surface area contributed by atoms with E-state index in [0.29, 0.717) is 19.3 Å². The third-order valence-corrected chi connectivity index (χ3v) is 5.72. The molecule has 36 heavy (non-hydrogen) atoms. The molecule has 0 aromatic heterocycles. The molecule has 1 saturated heterocycles. The Morgan fingerprint density at radius 2 is 1.67 bits per heavy atom. The molecule has 0 radical (unpaired) electrons. The van der Waals surface area contributed by atoms with Crippen molar-refractivity contribution in [3.8, 4) is 0 Å². The Balaban J connectivity index is 3.05. The van der Waals surface area contributed by atoms with Crippen molar-refractivity contribution in [3.63, 3.8) is 0 Å². The molecule has 14 nitrogen and oxygen atoms in total. The van der Waals surface area contributed by atoms with E-state index in [1.807, 2.05) is 13.8 Å². The van der Waals surface area contributed by atoms with Gasteiger partial charge in [-0.1, -0.05) is 13.8 Å². The van der Waals surface area contributed by atoms with E-state index in [9.17, 15) is 29.1 Å². The van der Waals surface area contributed by atoms with Crippen molar-refractivity contribution in [2.75, 3.05) is 13.1 Å². The molecule has 4 unspecified atom stereocenters. The minimum atomic E-state index is -1.28. The third-order valence-electron chi connectivity index (χ3n) is 5.72. The third kappa shape index (κ3) is 10.5. The lowest BCUT2D eigenvalue weighted by molar-refractivity contribution is -0.150. The van der Waals surface area contributed by atoms with Crippen LogP contribution in [0, 0.1) is 5.92 Å². The van der Waals surface area contributed by atoms with Crippen molar-refractivity contribution in [2.24, 2.45) is 28.1 Å². The molecule has 1 aliphatic rings. The number of carbonyl (C=O) groups excluding carboxylic acids is 3. The first-order chi connectivity index (χ1) is 16.8. The number of nitrogens with one attached hydrogen (secondary N) is 2. The Kier molecular flexibility index (Phi) is 12.6. The van der Waals surface area contributed by atoms with Crippen LogP contribution < -0.4 is 27.8 Å². The number of nitrogens with two attached hydrogens (primary N) is 3. The highest BCUT2D eigenvalue weighted by molar-refractivity contribution is 5.94. The summed E-state index contributed by atoms with van der Waals surface area (Å²) < 4.78 is 0. The van der Waals surface area contributed by atoms with Gasteiger partial charge in [0, 0.05) is 19.5 Å². The number of carboxylic acids is 2. The second kappa shape index (κ2) is 14.9. The van der Waals surface area contributed by atoms with Crippen LogP contribution in [0.25, 0.3) is 0 Å². The van der Waals surface area contributed by atoms with Crippen LogP contribution in [-0.2, 0) is 24.0 Å². The van der Waals surface area contributed by atoms with Crippen molar-refractivity contribution in [1.82, 2.24) is 15.5 Å². The number of nitrogens with zero attached hydrogens (tertiary/aromatic N) is 2. The average Bonchev–Trinajstić information content (AvgIpc) is 3.27. The molecule has 1 heterocycles. The summed E-state index contributed by atoms with van der Waals surface area (Å²) >= 11 is 0. The molecule has 0 aromatic rings. The number of amides is 3. The topological polar surface area (TPSA) is 244 Å². The SMILES string of the molecule is CC(C)CC(N)C(=O)NC(CCCN=C(N)N)C(=O)NC(CCC(=O)O)C(=O)N1CCCC1C(=O)O. The van der Waals surface area contributed by atoms with Crippen LogP contribution in [0.15, 0.2) is 4.99 Å². The minimum Gasteiger partial charge on any atom is -0.481 e. The Morgan fingerprint density at radius 1 is 1.03 bits per heavy atom. The maximum atomic E-state index is 13.2. The highest BCUT2D eigenvalue weighted by Crippen LogP contribution is 2.20. The lowest BCUT2D eigenvalue weighted by atomic mass is 10.0. The first-order valence-electron chi connectivity index (χ1n) is 12.0. The van der Waals surface area contributed by atoms with Gasteiger partial charge in [-0.2, -0.15) is 0 Å². The van der Waals surface area contributed by atoms with Crippen LogP contribution in [0.3, 0.4) is 0 Å². The predicted molar refractivity (Wildman–Crippen MR) is 130 cm³/mol. The van der Waals surface area contributed by atoms with Crippen molar-refractivity contribution >= 4 is 35.6 Å². The van der Waals surface area contributed by atoms with Gasteiger partial charge in [-0.05, 0) is 44.4 Å². The number of guanidine groups is 1. The van der Waals surface area contributed by atoms with Gasteiger partial charge in [0.1, 0.15) is 18.1 Å². The summed E-state index contributed by atoms with van der Waals surface area (Å²) in [5.74, 6) is -4.30. The van der Waals surface area contributed by atoms with Gasteiger partial charge in [-0.25, -0.2) is 4.79 Å². The number of carboxylic acid groups (broad SMARTS) is 2. The first kappa shape index (κ1) is 30.6. The number of hydrogen-bond donors (Lipinski definition) is 7. The van der Waals surface area contributed by atoms with Crippen molar-refractivity contribution in [3.05, 3.63) is 0 Å². The zero-order chi connectivity index (χ0) is 27.4. The molecule has 1 aliphatic heterocycles. The minimum absolute atomic E-state index is 0.115. The first-order valence-corrected chi connectivity index (χ1v) is 12.0. The summed E-state index contributed by atoms with van der Waals surface area (Å²) in [6.07, 6.45) is 0.880. The molecular formula is C22H39N7O7. The number of likely N-dealkylation sites (tertiary alicyclic amines) is 1. The molecule has 4 atom stereocenters. The molecule has 0 saturated carbocycles. The standard InChI is InChI=1S/C22H39N7O7/c1-12(2)11-13(23)18(32)27-14(5-3-9-26-22(24)25)19(33)28-15(7-8-17(30)31)20(34)29-10-4-6-16(29)21(35)36/h12-16H,3-11,23H2,1-2H3,(H,27,32)(H,28,33)(H,30,31)(H,35,36)(H4,24,25,26). The molecule has 0 aromatic carbocycles. The molecule has 14 heteroatoms. The molecule has 0 bridgehead atoms. The van der Waals surface area contributed by atoms with Crippen LogP contribution in [0.5, 0.6) is 0 Å². The van der Waals surface area contributed by atoms with Gasteiger partial charge in [0.15, 0.2) is 5.96 Å². The molecule has 0 aliphatic carbocycles. The summed E-state index contributed by atoms with van der Waals surface area (Å²) in [6, 6.07) is -4.29. The number of hydrogen-bond acceptors (Lipinski definition) is 7. The van der Waals surface area contributed by atoms with E-state index in [1.165, 1.54) is 0 Å². The fraction of sp³-hybridized carbons (Fsp3) is 0.727. The lowest BCUT2D eigenvalue weighted by Gasteiger charge is -2.29.